The standard InChI is InChI=1S/C19H17F3N2O4S/c1-28-18(25)16-10-12(29-17-9-5-2-6-13(17)19(20,21)22)11-23(16)14-7-3-4-8-15(14)24(26)27/h2-9,12,16H,10-11H2,1H3/t12-,16+/m1/s1. The second kappa shape index (κ2) is 8.32. The van der Waals surface area contributed by atoms with Gasteiger partial charge >= 0.3 is 12.1 Å². The molecule has 0 bridgehead atoms. The quantitative estimate of drug-likeness (QED) is 0.398. The molecule has 1 aliphatic rings. The number of carbonyl (C=O) groups excluding carboxylic acids is 1. The first-order chi connectivity index (χ1) is 13.7. The van der Waals surface area contributed by atoms with E-state index in [0.717, 1.165) is 17.8 Å². The number of alkyl halides is 3. The van der Waals surface area contributed by atoms with Crippen LogP contribution in [0.25, 0.3) is 0 Å². The van der Waals surface area contributed by atoms with E-state index in [4.69, 9.17) is 4.74 Å². The number of nitro groups is 1. The number of nitrogens with zero attached hydrogens (tertiary/aromatic N) is 2. The van der Waals surface area contributed by atoms with Gasteiger partial charge in [0, 0.05) is 22.8 Å². The number of hydrogen-bond acceptors (Lipinski definition) is 6. The monoisotopic (exact) mass is 426 g/mol. The molecular formula is C19H17F3N2O4S. The number of carbonyl (C=O) groups is 1. The highest BCUT2D eigenvalue weighted by Gasteiger charge is 2.41. The molecule has 1 heterocycles. The van der Waals surface area contributed by atoms with Crippen molar-refractivity contribution in [2.45, 2.75) is 28.8 Å². The van der Waals surface area contributed by atoms with E-state index in [0.29, 0.717) is 0 Å². The van der Waals surface area contributed by atoms with Crippen molar-refractivity contribution < 1.29 is 27.6 Å². The highest BCUT2D eigenvalue weighted by molar-refractivity contribution is 8.00. The van der Waals surface area contributed by atoms with Gasteiger partial charge in [-0.3, -0.25) is 10.1 Å². The molecule has 1 saturated heterocycles. The average molecular weight is 426 g/mol. The fourth-order valence-corrected chi connectivity index (χ4v) is 4.69. The summed E-state index contributed by atoms with van der Waals surface area (Å²) in [5.41, 5.74) is -0.688. The van der Waals surface area contributed by atoms with Crippen molar-refractivity contribution >= 4 is 29.1 Å². The van der Waals surface area contributed by atoms with Gasteiger partial charge in [0.05, 0.1) is 17.6 Å². The lowest BCUT2D eigenvalue weighted by Gasteiger charge is -2.24. The molecule has 2 aromatic rings. The Morgan fingerprint density at radius 3 is 2.52 bits per heavy atom. The molecule has 0 unspecified atom stereocenters. The van der Waals surface area contributed by atoms with E-state index in [9.17, 15) is 28.1 Å². The van der Waals surface area contributed by atoms with Gasteiger partial charge in [0.25, 0.3) is 5.69 Å². The lowest BCUT2D eigenvalue weighted by Crippen LogP contribution is -2.37. The highest BCUT2D eigenvalue weighted by Crippen LogP contribution is 2.43. The predicted molar refractivity (Wildman–Crippen MR) is 102 cm³/mol. The molecule has 0 spiro atoms. The predicted octanol–water partition coefficient (Wildman–Crippen LogP) is 4.53. The van der Waals surface area contributed by atoms with Crippen LogP contribution in [0.2, 0.25) is 0 Å². The molecule has 0 saturated carbocycles. The molecule has 0 aromatic heterocycles. The van der Waals surface area contributed by atoms with E-state index in [1.807, 2.05) is 0 Å². The normalized spacial score (nSPS) is 19.2. The number of thioether (sulfide) groups is 1. The number of benzene rings is 2. The first-order valence-electron chi connectivity index (χ1n) is 8.63. The summed E-state index contributed by atoms with van der Waals surface area (Å²) in [4.78, 5) is 24.7. The number of para-hydroxylation sites is 2. The molecule has 2 aromatic carbocycles. The molecule has 29 heavy (non-hydrogen) atoms. The van der Waals surface area contributed by atoms with E-state index in [-0.39, 0.29) is 34.5 Å². The first-order valence-corrected chi connectivity index (χ1v) is 9.51. The summed E-state index contributed by atoms with van der Waals surface area (Å²) < 4.78 is 44.7. The van der Waals surface area contributed by atoms with Crippen LogP contribution >= 0.6 is 11.8 Å². The maximum Gasteiger partial charge on any atom is 0.417 e. The van der Waals surface area contributed by atoms with Crippen LogP contribution in [0.3, 0.4) is 0 Å². The Kier molecular flexibility index (Phi) is 6.02. The van der Waals surface area contributed by atoms with Crippen molar-refractivity contribution in [2.75, 3.05) is 18.6 Å². The zero-order chi connectivity index (χ0) is 21.2. The number of nitro benzene ring substituents is 1. The Labute approximate surface area is 168 Å². The minimum absolute atomic E-state index is 0.0537. The second-order valence-corrected chi connectivity index (χ2v) is 7.75. The lowest BCUT2D eigenvalue weighted by molar-refractivity contribution is -0.384. The Bertz CT molecular complexity index is 922. The van der Waals surface area contributed by atoms with Gasteiger partial charge in [0.15, 0.2) is 0 Å². The van der Waals surface area contributed by atoms with Crippen molar-refractivity contribution in [1.29, 1.82) is 0 Å². The Balaban J connectivity index is 1.92. The van der Waals surface area contributed by atoms with Gasteiger partial charge in [-0.05, 0) is 24.6 Å². The molecule has 0 N–H and O–H groups in total. The number of methoxy groups -OCH3 is 1. The van der Waals surface area contributed by atoms with E-state index < -0.39 is 28.7 Å². The van der Waals surface area contributed by atoms with Crippen molar-refractivity contribution in [2.24, 2.45) is 0 Å². The highest BCUT2D eigenvalue weighted by atomic mass is 32.2. The lowest BCUT2D eigenvalue weighted by atomic mass is 10.2. The molecule has 1 fully saturated rings. The SMILES string of the molecule is COC(=O)[C@@H]1C[C@@H](Sc2ccccc2C(F)(F)F)CN1c1ccccc1[N+](=O)[O-]. The third kappa shape index (κ3) is 4.47. The summed E-state index contributed by atoms with van der Waals surface area (Å²) in [5.74, 6) is -0.588. The molecule has 6 nitrogen and oxygen atoms in total. The number of anilines is 1. The van der Waals surface area contributed by atoms with Gasteiger partial charge in [-0.2, -0.15) is 13.2 Å². The van der Waals surface area contributed by atoms with Crippen LogP contribution in [0.15, 0.2) is 53.4 Å². The Hall–Kier alpha value is -2.75. The van der Waals surface area contributed by atoms with E-state index >= 15 is 0 Å². The maximum atomic E-state index is 13.3. The maximum absolute atomic E-state index is 13.3. The second-order valence-electron chi connectivity index (χ2n) is 6.41. The van der Waals surface area contributed by atoms with Crippen LogP contribution in [-0.2, 0) is 15.7 Å². The van der Waals surface area contributed by atoms with Crippen molar-refractivity contribution in [1.82, 2.24) is 0 Å². The molecule has 0 aliphatic carbocycles. The van der Waals surface area contributed by atoms with Crippen molar-refractivity contribution in [3.05, 3.63) is 64.2 Å². The number of ether oxygens (including phenoxy) is 1. The van der Waals surface area contributed by atoms with Gasteiger partial charge < -0.3 is 9.64 Å². The number of rotatable bonds is 5. The number of esters is 1. The number of hydrogen-bond donors (Lipinski definition) is 0. The minimum atomic E-state index is -4.50. The first kappa shape index (κ1) is 21.0. The summed E-state index contributed by atoms with van der Waals surface area (Å²) in [6.45, 7) is 0.168. The zero-order valence-corrected chi connectivity index (χ0v) is 16.1. The van der Waals surface area contributed by atoms with Crippen molar-refractivity contribution in [3.8, 4) is 0 Å². The largest absolute Gasteiger partial charge is 0.467 e. The van der Waals surface area contributed by atoms with Gasteiger partial charge in [-0.15, -0.1) is 11.8 Å². The van der Waals surface area contributed by atoms with Crippen LogP contribution in [0.4, 0.5) is 24.5 Å². The van der Waals surface area contributed by atoms with Gasteiger partial charge in [-0.25, -0.2) is 4.79 Å². The summed E-state index contributed by atoms with van der Waals surface area (Å²) in [7, 11) is 1.21. The van der Waals surface area contributed by atoms with E-state index in [2.05, 4.69) is 0 Å². The van der Waals surface area contributed by atoms with Crippen LogP contribution in [0, 0.1) is 10.1 Å². The molecule has 1 aliphatic heterocycles. The van der Waals surface area contributed by atoms with Gasteiger partial charge in [-0.1, -0.05) is 24.3 Å². The molecule has 0 amide bonds. The Morgan fingerprint density at radius 1 is 1.21 bits per heavy atom. The molecule has 0 radical (unpaired) electrons. The average Bonchev–Trinajstić information content (AvgIpc) is 3.10. The van der Waals surface area contributed by atoms with E-state index in [1.165, 1.54) is 48.4 Å². The summed E-state index contributed by atoms with van der Waals surface area (Å²) in [6.07, 6.45) is -4.29. The summed E-state index contributed by atoms with van der Waals surface area (Å²) in [5, 5.41) is 11.0. The molecule has 3 rings (SSSR count). The fraction of sp³-hybridized carbons (Fsp3) is 0.316. The van der Waals surface area contributed by atoms with E-state index in [1.54, 1.807) is 6.07 Å². The van der Waals surface area contributed by atoms with Crippen molar-refractivity contribution in [3.63, 3.8) is 0 Å². The molecule has 2 atom stereocenters. The van der Waals surface area contributed by atoms with Crippen LogP contribution in [0.5, 0.6) is 0 Å². The molecular weight excluding hydrogens is 409 g/mol. The zero-order valence-electron chi connectivity index (χ0n) is 15.3. The third-order valence-electron chi connectivity index (χ3n) is 4.61. The summed E-state index contributed by atoms with van der Waals surface area (Å²) in [6, 6.07) is 10.4. The smallest absolute Gasteiger partial charge is 0.417 e. The van der Waals surface area contributed by atoms with Crippen LogP contribution in [-0.4, -0.2) is 35.8 Å². The van der Waals surface area contributed by atoms with Crippen LogP contribution < -0.4 is 4.90 Å². The minimum Gasteiger partial charge on any atom is -0.467 e. The van der Waals surface area contributed by atoms with Gasteiger partial charge in [0.2, 0.25) is 0 Å². The molecule has 10 heteroatoms. The number of halogens is 3. The molecule has 154 valence electrons. The van der Waals surface area contributed by atoms with Crippen LogP contribution in [0.1, 0.15) is 12.0 Å². The summed E-state index contributed by atoms with van der Waals surface area (Å²) >= 11 is 1.01. The van der Waals surface area contributed by atoms with Gasteiger partial charge in [0.1, 0.15) is 11.7 Å². The topological polar surface area (TPSA) is 72.7 Å². The Morgan fingerprint density at radius 2 is 1.86 bits per heavy atom. The third-order valence-corrected chi connectivity index (χ3v) is 5.89. The fourth-order valence-electron chi connectivity index (χ4n) is 3.35.